The average molecular weight is 568 g/mol. The van der Waals surface area contributed by atoms with Crippen molar-refractivity contribution in [3.05, 3.63) is 21.9 Å². The van der Waals surface area contributed by atoms with Crippen LogP contribution in [0.25, 0.3) is 0 Å². The molecule has 0 saturated carbocycles. The number of halogens is 4. The summed E-state index contributed by atoms with van der Waals surface area (Å²) in [5, 5.41) is 6.37. The van der Waals surface area contributed by atoms with Crippen LogP contribution in [-0.2, 0) is 23.0 Å². The predicted molar refractivity (Wildman–Crippen MR) is 121 cm³/mol. The molecule has 2 heterocycles. The van der Waals surface area contributed by atoms with Crippen molar-refractivity contribution in [2.75, 3.05) is 26.2 Å². The largest absolute Gasteiger partial charge is 0.511 e. The first-order chi connectivity index (χ1) is 13.2. The van der Waals surface area contributed by atoms with Crippen molar-refractivity contribution < 1.29 is 21.6 Å². The maximum atomic E-state index is 12.6. The van der Waals surface area contributed by atoms with Crippen LogP contribution in [-0.4, -0.2) is 50.4 Å². The first kappa shape index (κ1) is 26.4. The third-order valence-corrected chi connectivity index (χ3v) is 7.41. The van der Waals surface area contributed by atoms with Gasteiger partial charge in [-0.2, -0.15) is 17.5 Å². The van der Waals surface area contributed by atoms with Crippen LogP contribution in [0.2, 0.25) is 0 Å². The van der Waals surface area contributed by atoms with Crippen LogP contribution in [0.4, 0.5) is 13.2 Å². The molecule has 1 aliphatic heterocycles. The zero-order chi connectivity index (χ0) is 20.8. The van der Waals surface area contributed by atoms with Gasteiger partial charge in [0.15, 0.2) is 5.96 Å². The van der Waals surface area contributed by atoms with Crippen molar-refractivity contribution in [3.63, 3.8) is 0 Å². The van der Waals surface area contributed by atoms with E-state index in [4.69, 9.17) is 0 Å². The molecular formula is C17H28F3IN4O2S2. The topological polar surface area (TPSA) is 73.8 Å². The number of aryl methyl sites for hydroxylation is 1. The number of nitrogens with one attached hydrogen (secondary N) is 2. The summed E-state index contributed by atoms with van der Waals surface area (Å²) in [5.41, 5.74) is -5.23. The lowest BCUT2D eigenvalue weighted by molar-refractivity contribution is -0.0496. The van der Waals surface area contributed by atoms with Gasteiger partial charge in [-0.25, -0.2) is 13.4 Å². The van der Waals surface area contributed by atoms with Gasteiger partial charge in [0.05, 0.1) is 6.54 Å². The van der Waals surface area contributed by atoms with Crippen molar-refractivity contribution in [2.45, 2.75) is 45.2 Å². The first-order valence-corrected chi connectivity index (χ1v) is 11.6. The normalized spacial score (nSPS) is 17.1. The molecule has 6 nitrogen and oxygen atoms in total. The second-order valence-electron chi connectivity index (χ2n) is 6.59. The summed E-state index contributed by atoms with van der Waals surface area (Å²) in [7, 11) is -5.22. The summed E-state index contributed by atoms with van der Waals surface area (Å²) in [6, 6.07) is 4.16. The maximum Gasteiger partial charge on any atom is 0.511 e. The number of piperidine rings is 1. The minimum atomic E-state index is -5.23. The van der Waals surface area contributed by atoms with E-state index < -0.39 is 15.5 Å². The van der Waals surface area contributed by atoms with Crippen molar-refractivity contribution in [1.29, 1.82) is 0 Å². The smallest absolute Gasteiger partial charge is 0.357 e. The fraction of sp³-hybridized carbons (Fsp3) is 0.706. The molecule has 0 bridgehead atoms. The predicted octanol–water partition coefficient (Wildman–Crippen LogP) is 3.55. The van der Waals surface area contributed by atoms with Gasteiger partial charge in [0.2, 0.25) is 0 Å². The Morgan fingerprint density at radius 3 is 2.34 bits per heavy atom. The van der Waals surface area contributed by atoms with Crippen molar-refractivity contribution in [2.24, 2.45) is 10.9 Å². The summed E-state index contributed by atoms with van der Waals surface area (Å²) < 4.78 is 61.4. The first-order valence-electron chi connectivity index (χ1n) is 9.33. The third kappa shape index (κ3) is 7.55. The molecule has 12 heteroatoms. The van der Waals surface area contributed by atoms with Crippen LogP contribution in [0.5, 0.6) is 0 Å². The molecule has 1 saturated heterocycles. The van der Waals surface area contributed by atoms with Crippen molar-refractivity contribution >= 4 is 51.3 Å². The lowest BCUT2D eigenvalue weighted by Crippen LogP contribution is -2.47. The lowest BCUT2D eigenvalue weighted by Gasteiger charge is -2.31. The lowest BCUT2D eigenvalue weighted by atomic mass is 9.98. The molecular weight excluding hydrogens is 540 g/mol. The van der Waals surface area contributed by atoms with E-state index in [1.165, 1.54) is 9.75 Å². The molecule has 1 aromatic heterocycles. The molecule has 29 heavy (non-hydrogen) atoms. The number of hydrogen-bond acceptors (Lipinski definition) is 4. The van der Waals surface area contributed by atoms with Gasteiger partial charge in [-0.05, 0) is 44.2 Å². The molecule has 168 valence electrons. The summed E-state index contributed by atoms with van der Waals surface area (Å²) >= 11 is 1.73. The van der Waals surface area contributed by atoms with E-state index in [2.05, 4.69) is 34.7 Å². The van der Waals surface area contributed by atoms with Gasteiger partial charge in [-0.15, -0.1) is 35.3 Å². The van der Waals surface area contributed by atoms with Crippen LogP contribution in [0.1, 0.15) is 36.4 Å². The maximum absolute atomic E-state index is 12.6. The Kier molecular flexibility index (Phi) is 10.7. The summed E-state index contributed by atoms with van der Waals surface area (Å²) in [5.74, 6) is 0.747. The summed E-state index contributed by atoms with van der Waals surface area (Å²) in [6.45, 7) is 5.62. The highest BCUT2D eigenvalue weighted by molar-refractivity contribution is 14.0. The SMILES string of the molecule is CCNC(=NCc1ccc(CC)s1)NCC1CCN(S(=O)(=O)C(F)(F)F)CC1.I. The number of alkyl halides is 3. The highest BCUT2D eigenvalue weighted by Gasteiger charge is 2.50. The molecule has 0 atom stereocenters. The second-order valence-corrected chi connectivity index (χ2v) is 9.77. The van der Waals surface area contributed by atoms with Gasteiger partial charge in [0, 0.05) is 35.9 Å². The molecule has 0 amide bonds. The van der Waals surface area contributed by atoms with Gasteiger partial charge in [-0.1, -0.05) is 6.92 Å². The number of rotatable bonds is 7. The molecule has 0 aliphatic carbocycles. The van der Waals surface area contributed by atoms with E-state index in [1.807, 2.05) is 6.92 Å². The van der Waals surface area contributed by atoms with Crippen molar-refractivity contribution in [3.8, 4) is 0 Å². The fourth-order valence-corrected chi connectivity index (χ4v) is 4.80. The minimum Gasteiger partial charge on any atom is -0.357 e. The summed E-state index contributed by atoms with van der Waals surface area (Å²) in [4.78, 5) is 7.03. The highest BCUT2D eigenvalue weighted by Crippen LogP contribution is 2.30. The van der Waals surface area contributed by atoms with E-state index in [9.17, 15) is 21.6 Å². The van der Waals surface area contributed by atoms with Crippen LogP contribution < -0.4 is 10.6 Å². The molecule has 0 radical (unpaired) electrons. The fourth-order valence-electron chi connectivity index (χ4n) is 2.94. The minimum absolute atomic E-state index is 0. The van der Waals surface area contributed by atoms with Gasteiger partial charge < -0.3 is 10.6 Å². The molecule has 1 aliphatic rings. The third-order valence-electron chi connectivity index (χ3n) is 4.57. The van der Waals surface area contributed by atoms with Crippen LogP contribution in [0.3, 0.4) is 0 Å². The molecule has 0 unspecified atom stereocenters. The molecule has 0 spiro atoms. The Morgan fingerprint density at radius 1 is 1.21 bits per heavy atom. The van der Waals surface area contributed by atoms with E-state index in [0.717, 1.165) is 6.42 Å². The van der Waals surface area contributed by atoms with Crippen LogP contribution >= 0.6 is 35.3 Å². The van der Waals surface area contributed by atoms with Crippen LogP contribution in [0.15, 0.2) is 17.1 Å². The number of sulfonamides is 1. The zero-order valence-electron chi connectivity index (χ0n) is 16.5. The Labute approximate surface area is 191 Å². The molecule has 0 aromatic carbocycles. The number of nitrogens with zero attached hydrogens (tertiary/aromatic N) is 2. The molecule has 2 N–H and O–H groups in total. The second kappa shape index (κ2) is 11.7. The Bertz CT molecular complexity index is 761. The molecule has 2 rings (SSSR count). The summed E-state index contributed by atoms with van der Waals surface area (Å²) in [6.07, 6.45) is 1.76. The quantitative estimate of drug-likeness (QED) is 0.300. The number of thiophene rings is 1. The Balaban J connectivity index is 0.00000420. The molecule has 1 fully saturated rings. The van der Waals surface area contributed by atoms with E-state index in [1.54, 1.807) is 11.3 Å². The van der Waals surface area contributed by atoms with Gasteiger partial charge >= 0.3 is 15.5 Å². The van der Waals surface area contributed by atoms with E-state index >= 15 is 0 Å². The van der Waals surface area contributed by atoms with E-state index in [0.29, 0.717) is 42.7 Å². The van der Waals surface area contributed by atoms with Crippen molar-refractivity contribution in [1.82, 2.24) is 14.9 Å². The Morgan fingerprint density at radius 2 is 1.83 bits per heavy atom. The van der Waals surface area contributed by atoms with Gasteiger partial charge in [-0.3, -0.25) is 0 Å². The van der Waals surface area contributed by atoms with Gasteiger partial charge in [0.25, 0.3) is 0 Å². The number of hydrogen-bond donors (Lipinski definition) is 2. The Hall–Kier alpha value is -0.600. The van der Waals surface area contributed by atoms with Crippen LogP contribution in [0, 0.1) is 5.92 Å². The number of aliphatic imine (C=N–C) groups is 1. The highest BCUT2D eigenvalue weighted by atomic mass is 127. The monoisotopic (exact) mass is 568 g/mol. The zero-order valence-corrected chi connectivity index (χ0v) is 20.4. The molecule has 1 aromatic rings. The average Bonchev–Trinajstić information content (AvgIpc) is 3.11. The van der Waals surface area contributed by atoms with Gasteiger partial charge in [0.1, 0.15) is 0 Å². The number of guanidine groups is 1. The standard InChI is InChI=1S/C17H27F3N4O2S2.HI/c1-3-14-5-6-15(27-14)12-23-16(21-4-2)22-11-13-7-9-24(10-8-13)28(25,26)17(18,19)20;/h5-6,13H,3-4,7-12H2,1-2H3,(H2,21,22,23);1H. The van der Waals surface area contributed by atoms with E-state index in [-0.39, 0.29) is 43.0 Å².